The lowest BCUT2D eigenvalue weighted by atomic mass is 10.1. The summed E-state index contributed by atoms with van der Waals surface area (Å²) >= 11 is 6.14. The molecule has 0 amide bonds. The molecule has 5 nitrogen and oxygen atoms in total. The third kappa shape index (κ3) is 3.36. The van der Waals surface area contributed by atoms with Crippen LogP contribution in [0.15, 0.2) is 27.4 Å². The Morgan fingerprint density at radius 2 is 2.10 bits per heavy atom. The summed E-state index contributed by atoms with van der Waals surface area (Å²) in [6.07, 6.45) is -0.809. The molecule has 0 bridgehead atoms. The number of ether oxygens (including phenoxy) is 2. The van der Waals surface area contributed by atoms with Crippen molar-refractivity contribution in [3.05, 3.63) is 39.2 Å². The quantitative estimate of drug-likeness (QED) is 0.641. The lowest BCUT2D eigenvalue weighted by molar-refractivity contribution is -0.150. The molecule has 0 spiro atoms. The van der Waals surface area contributed by atoms with E-state index in [0.717, 1.165) is 10.9 Å². The van der Waals surface area contributed by atoms with E-state index in [4.69, 9.17) is 25.5 Å². The van der Waals surface area contributed by atoms with Crippen molar-refractivity contribution < 1.29 is 18.7 Å². The second kappa shape index (κ2) is 6.18. The Bertz CT molecular complexity index is 735. The molecule has 2 aromatic rings. The number of fused-ring (bicyclic) bond motifs is 1. The van der Waals surface area contributed by atoms with Crippen LogP contribution in [-0.4, -0.2) is 18.7 Å². The van der Waals surface area contributed by atoms with Gasteiger partial charge >= 0.3 is 11.6 Å². The largest absolute Gasteiger partial charge is 0.477 e. The van der Waals surface area contributed by atoms with E-state index in [0.29, 0.717) is 10.6 Å². The van der Waals surface area contributed by atoms with Crippen LogP contribution in [-0.2, 0) is 9.53 Å². The number of hydrogen-bond acceptors (Lipinski definition) is 5. The number of halogens is 1. The molecule has 1 heterocycles. The van der Waals surface area contributed by atoms with Gasteiger partial charge in [0.05, 0.1) is 11.6 Å². The molecule has 0 saturated carbocycles. The van der Waals surface area contributed by atoms with E-state index in [-0.39, 0.29) is 12.4 Å². The fourth-order valence-corrected chi connectivity index (χ4v) is 2.12. The van der Waals surface area contributed by atoms with E-state index < -0.39 is 17.7 Å². The highest BCUT2D eigenvalue weighted by Crippen LogP contribution is 2.31. The van der Waals surface area contributed by atoms with E-state index in [1.54, 1.807) is 26.8 Å². The van der Waals surface area contributed by atoms with Gasteiger partial charge in [0.1, 0.15) is 11.3 Å². The Labute approximate surface area is 126 Å². The van der Waals surface area contributed by atoms with Gasteiger partial charge in [-0.3, -0.25) is 0 Å². The fraction of sp³-hybridized carbons (Fsp3) is 0.333. The van der Waals surface area contributed by atoms with Gasteiger partial charge in [-0.05, 0) is 32.4 Å². The number of aryl methyl sites for hydroxylation is 1. The highest BCUT2D eigenvalue weighted by atomic mass is 35.5. The minimum absolute atomic E-state index is 0.262. The Hall–Kier alpha value is -2.01. The third-order valence-electron chi connectivity index (χ3n) is 2.93. The van der Waals surface area contributed by atoms with Crippen LogP contribution in [0.25, 0.3) is 11.0 Å². The van der Waals surface area contributed by atoms with Crippen molar-refractivity contribution in [3.63, 3.8) is 0 Å². The van der Waals surface area contributed by atoms with Crippen molar-refractivity contribution in [3.8, 4) is 5.75 Å². The fourth-order valence-electron chi connectivity index (χ4n) is 1.91. The van der Waals surface area contributed by atoms with E-state index in [1.807, 2.05) is 0 Å². The summed E-state index contributed by atoms with van der Waals surface area (Å²) in [5.41, 5.74) is 0.662. The molecular weight excluding hydrogens is 296 g/mol. The first-order valence-electron chi connectivity index (χ1n) is 6.49. The average molecular weight is 311 g/mol. The molecule has 0 fully saturated rings. The van der Waals surface area contributed by atoms with Crippen LogP contribution >= 0.6 is 11.6 Å². The number of carbonyl (C=O) groups is 1. The maximum absolute atomic E-state index is 11.6. The van der Waals surface area contributed by atoms with Crippen molar-refractivity contribution in [1.29, 1.82) is 0 Å². The van der Waals surface area contributed by atoms with Crippen LogP contribution in [0.1, 0.15) is 19.4 Å². The summed E-state index contributed by atoms with van der Waals surface area (Å²) < 4.78 is 15.5. The van der Waals surface area contributed by atoms with Crippen molar-refractivity contribution >= 4 is 28.5 Å². The number of esters is 1. The van der Waals surface area contributed by atoms with Gasteiger partial charge in [-0.15, -0.1) is 0 Å². The molecule has 0 aliphatic heterocycles. The maximum Gasteiger partial charge on any atom is 0.347 e. The highest BCUT2D eigenvalue weighted by Gasteiger charge is 2.18. The number of carbonyl (C=O) groups excluding carboxylic acids is 1. The standard InChI is InChI=1S/C15H15ClO5/c1-4-19-15(18)9(3)20-13-7-12-10(6-11(13)16)8(2)5-14(17)21-12/h5-7,9H,4H2,1-3H3/t9-/m1/s1. The predicted molar refractivity (Wildman–Crippen MR) is 79.0 cm³/mol. The Balaban J connectivity index is 2.39. The Kier molecular flexibility index (Phi) is 4.53. The Morgan fingerprint density at radius 1 is 1.38 bits per heavy atom. The molecule has 1 aromatic carbocycles. The van der Waals surface area contributed by atoms with Gasteiger partial charge in [0.25, 0.3) is 0 Å². The van der Waals surface area contributed by atoms with Gasteiger partial charge in [-0.25, -0.2) is 9.59 Å². The average Bonchev–Trinajstić information content (AvgIpc) is 2.41. The number of rotatable bonds is 4. The van der Waals surface area contributed by atoms with E-state index in [9.17, 15) is 9.59 Å². The molecule has 1 atom stereocenters. The smallest absolute Gasteiger partial charge is 0.347 e. The predicted octanol–water partition coefficient (Wildman–Crippen LogP) is 3.09. The van der Waals surface area contributed by atoms with Crippen LogP contribution in [0.2, 0.25) is 5.02 Å². The lowest BCUT2D eigenvalue weighted by Gasteiger charge is -2.15. The maximum atomic E-state index is 11.6. The van der Waals surface area contributed by atoms with Gasteiger partial charge in [0.2, 0.25) is 0 Å². The third-order valence-corrected chi connectivity index (χ3v) is 3.22. The molecule has 0 N–H and O–H groups in total. The first-order chi connectivity index (χ1) is 9.92. The zero-order chi connectivity index (χ0) is 15.6. The van der Waals surface area contributed by atoms with E-state index in [1.165, 1.54) is 12.1 Å². The molecule has 0 radical (unpaired) electrons. The van der Waals surface area contributed by atoms with E-state index in [2.05, 4.69) is 0 Å². The molecule has 6 heteroatoms. The minimum Gasteiger partial charge on any atom is -0.477 e. The summed E-state index contributed by atoms with van der Waals surface area (Å²) in [4.78, 5) is 23.0. The van der Waals surface area contributed by atoms with Gasteiger partial charge in [0.15, 0.2) is 6.10 Å². The summed E-state index contributed by atoms with van der Waals surface area (Å²) in [6.45, 7) is 5.33. The zero-order valence-electron chi connectivity index (χ0n) is 11.9. The second-order valence-electron chi connectivity index (χ2n) is 4.54. The normalized spacial score (nSPS) is 12.2. The lowest BCUT2D eigenvalue weighted by Crippen LogP contribution is -2.26. The summed E-state index contributed by atoms with van der Waals surface area (Å²) in [5.74, 6) is -0.224. The topological polar surface area (TPSA) is 65.7 Å². The van der Waals surface area contributed by atoms with Crippen molar-refractivity contribution in [1.82, 2.24) is 0 Å². The molecule has 0 saturated heterocycles. The van der Waals surface area contributed by atoms with Gasteiger partial charge in [-0.2, -0.15) is 0 Å². The molecule has 1 aromatic heterocycles. The summed E-state index contributed by atoms with van der Waals surface area (Å²) in [6, 6.07) is 4.53. The summed E-state index contributed by atoms with van der Waals surface area (Å²) in [5, 5.41) is 1.05. The molecule has 0 aliphatic rings. The highest BCUT2D eigenvalue weighted by molar-refractivity contribution is 6.32. The van der Waals surface area contributed by atoms with Gasteiger partial charge in [-0.1, -0.05) is 11.6 Å². The van der Waals surface area contributed by atoms with Crippen molar-refractivity contribution in [2.45, 2.75) is 26.9 Å². The van der Waals surface area contributed by atoms with Crippen molar-refractivity contribution in [2.75, 3.05) is 6.61 Å². The van der Waals surface area contributed by atoms with Crippen LogP contribution in [0.5, 0.6) is 5.75 Å². The number of benzene rings is 1. The first kappa shape index (κ1) is 15.4. The van der Waals surface area contributed by atoms with Crippen molar-refractivity contribution in [2.24, 2.45) is 0 Å². The monoisotopic (exact) mass is 310 g/mol. The summed E-state index contributed by atoms with van der Waals surface area (Å²) in [7, 11) is 0. The minimum atomic E-state index is -0.809. The first-order valence-corrected chi connectivity index (χ1v) is 6.87. The zero-order valence-corrected chi connectivity index (χ0v) is 12.7. The van der Waals surface area contributed by atoms with Gasteiger partial charge in [0, 0.05) is 17.5 Å². The molecular formula is C15H15ClO5. The second-order valence-corrected chi connectivity index (χ2v) is 4.95. The SMILES string of the molecule is CCOC(=O)[C@@H](C)Oc1cc2oc(=O)cc(C)c2cc1Cl. The van der Waals surface area contributed by atoms with Crippen LogP contribution in [0.3, 0.4) is 0 Å². The van der Waals surface area contributed by atoms with Crippen LogP contribution in [0, 0.1) is 6.92 Å². The Morgan fingerprint density at radius 3 is 2.76 bits per heavy atom. The van der Waals surface area contributed by atoms with Crippen LogP contribution < -0.4 is 10.4 Å². The molecule has 0 aliphatic carbocycles. The molecule has 2 rings (SSSR count). The molecule has 0 unspecified atom stereocenters. The van der Waals surface area contributed by atoms with E-state index >= 15 is 0 Å². The van der Waals surface area contributed by atoms with Gasteiger partial charge < -0.3 is 13.9 Å². The molecule has 21 heavy (non-hydrogen) atoms. The molecule has 112 valence electrons. The van der Waals surface area contributed by atoms with Crippen LogP contribution in [0.4, 0.5) is 0 Å². The number of hydrogen-bond donors (Lipinski definition) is 0.